The van der Waals surface area contributed by atoms with E-state index in [-0.39, 0.29) is 47.6 Å². The Morgan fingerprint density at radius 1 is 0.902 bits per heavy atom. The Morgan fingerprint density at radius 3 is 2.05 bits per heavy atom. The second-order valence-corrected chi connectivity index (χ2v) is 12.9. The molecular formula is C31H52N4O6. The van der Waals surface area contributed by atoms with Crippen LogP contribution in [-0.4, -0.2) is 49.1 Å². The number of carbonyl (C=O) groups is 4. The molecule has 4 amide bonds. The van der Waals surface area contributed by atoms with Crippen molar-refractivity contribution in [2.75, 3.05) is 25.0 Å². The van der Waals surface area contributed by atoms with Crippen LogP contribution in [0, 0.1) is 23.2 Å². The normalized spacial score (nSPS) is 13.3. The Kier molecular flexibility index (Phi) is 14.8. The van der Waals surface area contributed by atoms with Crippen molar-refractivity contribution in [1.82, 2.24) is 10.6 Å². The molecule has 0 aliphatic carbocycles. The van der Waals surface area contributed by atoms with E-state index < -0.39 is 18.0 Å². The molecular weight excluding hydrogens is 524 g/mol. The van der Waals surface area contributed by atoms with Crippen LogP contribution in [0.5, 0.6) is 0 Å². The molecule has 1 rings (SSSR count). The molecule has 5 N–H and O–H groups in total. The summed E-state index contributed by atoms with van der Waals surface area (Å²) >= 11 is 0. The van der Waals surface area contributed by atoms with Gasteiger partial charge in [-0.1, -0.05) is 46.8 Å². The zero-order chi connectivity index (χ0) is 31.2. The zero-order valence-corrected chi connectivity index (χ0v) is 26.2. The first kappa shape index (κ1) is 35.9. The van der Waals surface area contributed by atoms with Gasteiger partial charge >= 0.3 is 12.1 Å². The molecule has 0 radical (unpaired) electrons. The van der Waals surface area contributed by atoms with Gasteiger partial charge in [-0.25, -0.2) is 9.59 Å². The number of urea groups is 1. The summed E-state index contributed by atoms with van der Waals surface area (Å²) in [5.74, 6) is -0.797. The van der Waals surface area contributed by atoms with Crippen molar-refractivity contribution in [3.8, 4) is 0 Å². The molecule has 10 heteroatoms. The molecule has 1 aromatic rings. The largest absolute Gasteiger partial charge is 0.445 e. The number of anilines is 1. The number of carbonyl (C=O) groups excluding carboxylic acids is 4. The topological polar surface area (TPSA) is 149 Å². The highest BCUT2D eigenvalue weighted by Crippen LogP contribution is 2.35. The van der Waals surface area contributed by atoms with Gasteiger partial charge in [-0.3, -0.25) is 9.59 Å². The standard InChI is InChI=1S/C31H52N4O6/c1-21(2)26(30(3,4)5)25(36)19-23(11-9-16-33-28(32)38)27(37)35-24-14-12-22(13-15-24)20-40-29(39)34-17-10-18-41-31(6,7)8/h12-15,21,23,26H,9-11,16-20H2,1-8H3,(H,34,39)(H,35,37)(H3,32,33,38)/t23-,26+/m1/s1. The summed E-state index contributed by atoms with van der Waals surface area (Å²) in [5.41, 5.74) is 6.05. The number of amides is 4. The molecule has 1 aromatic carbocycles. The third-order valence-electron chi connectivity index (χ3n) is 6.51. The number of ketones is 1. The summed E-state index contributed by atoms with van der Waals surface area (Å²) in [7, 11) is 0. The summed E-state index contributed by atoms with van der Waals surface area (Å²) in [6.45, 7) is 17.5. The maximum absolute atomic E-state index is 13.3. The van der Waals surface area contributed by atoms with E-state index in [1.807, 2.05) is 55.4 Å². The predicted octanol–water partition coefficient (Wildman–Crippen LogP) is 5.40. The number of ether oxygens (including phenoxy) is 2. The molecule has 2 atom stereocenters. The van der Waals surface area contributed by atoms with Crippen molar-refractivity contribution in [1.29, 1.82) is 0 Å². The van der Waals surface area contributed by atoms with Gasteiger partial charge in [-0.15, -0.1) is 0 Å². The number of primary amides is 1. The smallest absolute Gasteiger partial charge is 0.407 e. The van der Waals surface area contributed by atoms with Crippen LogP contribution in [0.15, 0.2) is 24.3 Å². The molecule has 0 aliphatic rings. The Morgan fingerprint density at radius 2 is 1.51 bits per heavy atom. The van der Waals surface area contributed by atoms with Gasteiger partial charge in [0.05, 0.1) is 5.60 Å². The van der Waals surface area contributed by atoms with E-state index in [2.05, 4.69) is 16.0 Å². The van der Waals surface area contributed by atoms with E-state index in [0.717, 1.165) is 5.56 Å². The van der Waals surface area contributed by atoms with E-state index in [0.29, 0.717) is 44.6 Å². The highest BCUT2D eigenvalue weighted by atomic mass is 16.5. The maximum Gasteiger partial charge on any atom is 0.407 e. The Labute approximate surface area is 245 Å². The molecule has 0 aliphatic heterocycles. The minimum atomic E-state index is -0.623. The summed E-state index contributed by atoms with van der Waals surface area (Å²) < 4.78 is 10.9. The van der Waals surface area contributed by atoms with Gasteiger partial charge in [0.25, 0.3) is 0 Å². The lowest BCUT2D eigenvalue weighted by atomic mass is 9.70. The minimum Gasteiger partial charge on any atom is -0.445 e. The molecule has 0 saturated heterocycles. The monoisotopic (exact) mass is 576 g/mol. The molecule has 10 nitrogen and oxygen atoms in total. The number of Topliss-reactive ketones (excluding diaryl/α,β-unsaturated/α-hetero) is 1. The third-order valence-corrected chi connectivity index (χ3v) is 6.51. The highest BCUT2D eigenvalue weighted by molar-refractivity contribution is 5.96. The van der Waals surface area contributed by atoms with E-state index in [9.17, 15) is 19.2 Å². The summed E-state index contributed by atoms with van der Waals surface area (Å²) in [6, 6.07) is 6.38. The zero-order valence-electron chi connectivity index (χ0n) is 26.2. The average Bonchev–Trinajstić information content (AvgIpc) is 2.83. The Balaban J connectivity index is 2.71. The maximum atomic E-state index is 13.3. The highest BCUT2D eigenvalue weighted by Gasteiger charge is 2.35. The number of hydrogen-bond donors (Lipinski definition) is 4. The first-order chi connectivity index (χ1) is 19.0. The predicted molar refractivity (Wildman–Crippen MR) is 161 cm³/mol. The van der Waals surface area contributed by atoms with Crippen LogP contribution >= 0.6 is 0 Å². The molecule has 232 valence electrons. The minimum absolute atomic E-state index is 0.0583. The SMILES string of the molecule is CC(C)[C@@H](C(=O)C[C@@H](CCCNC(N)=O)C(=O)Nc1ccc(COC(=O)NCCCOC(C)(C)C)cc1)C(C)(C)C. The van der Waals surface area contributed by atoms with Gasteiger partial charge in [-0.2, -0.15) is 0 Å². The molecule has 41 heavy (non-hydrogen) atoms. The molecule has 0 unspecified atom stereocenters. The van der Waals surface area contributed by atoms with Crippen molar-refractivity contribution in [3.05, 3.63) is 29.8 Å². The van der Waals surface area contributed by atoms with Crippen molar-refractivity contribution in [2.24, 2.45) is 28.9 Å². The third kappa shape index (κ3) is 15.4. The quantitative estimate of drug-likeness (QED) is 0.194. The van der Waals surface area contributed by atoms with Crippen molar-refractivity contribution in [2.45, 2.75) is 93.3 Å². The van der Waals surface area contributed by atoms with Crippen LogP contribution in [-0.2, 0) is 25.7 Å². The number of rotatable bonds is 16. The van der Waals surface area contributed by atoms with Crippen LogP contribution in [0.3, 0.4) is 0 Å². The summed E-state index contributed by atoms with van der Waals surface area (Å²) in [6.07, 6.45) is 1.23. The van der Waals surface area contributed by atoms with Crippen LogP contribution in [0.2, 0.25) is 0 Å². The molecule has 0 saturated carbocycles. The fourth-order valence-corrected chi connectivity index (χ4v) is 4.88. The molecule has 0 aromatic heterocycles. The number of hydrogen-bond acceptors (Lipinski definition) is 6. The fourth-order valence-electron chi connectivity index (χ4n) is 4.88. The van der Waals surface area contributed by atoms with Gasteiger partial charge in [0.1, 0.15) is 12.4 Å². The van der Waals surface area contributed by atoms with Gasteiger partial charge in [-0.05, 0) is 69.1 Å². The number of nitrogens with one attached hydrogen (secondary N) is 3. The fraction of sp³-hybridized carbons (Fsp3) is 0.677. The number of nitrogens with two attached hydrogens (primary N) is 1. The summed E-state index contributed by atoms with van der Waals surface area (Å²) in [5, 5.41) is 8.14. The van der Waals surface area contributed by atoms with E-state index >= 15 is 0 Å². The number of benzene rings is 1. The van der Waals surface area contributed by atoms with Gasteiger partial charge in [0.15, 0.2) is 0 Å². The Bertz CT molecular complexity index is 980. The van der Waals surface area contributed by atoms with E-state index in [1.54, 1.807) is 24.3 Å². The Hall–Kier alpha value is -3.14. The number of alkyl carbamates (subject to hydrolysis) is 1. The van der Waals surface area contributed by atoms with E-state index in [1.165, 1.54) is 0 Å². The van der Waals surface area contributed by atoms with Crippen LogP contribution in [0.25, 0.3) is 0 Å². The lowest BCUT2D eigenvalue weighted by Gasteiger charge is -2.33. The van der Waals surface area contributed by atoms with Crippen LogP contribution in [0.4, 0.5) is 15.3 Å². The first-order valence-corrected chi connectivity index (χ1v) is 14.5. The molecule has 0 heterocycles. The van der Waals surface area contributed by atoms with E-state index in [4.69, 9.17) is 15.2 Å². The molecule has 0 spiro atoms. The van der Waals surface area contributed by atoms with Crippen molar-refractivity contribution in [3.63, 3.8) is 0 Å². The second kappa shape index (κ2) is 17.0. The van der Waals surface area contributed by atoms with Crippen molar-refractivity contribution >= 4 is 29.5 Å². The van der Waals surface area contributed by atoms with Gasteiger partial charge < -0.3 is 31.2 Å². The average molecular weight is 577 g/mol. The summed E-state index contributed by atoms with van der Waals surface area (Å²) in [4.78, 5) is 49.6. The first-order valence-electron chi connectivity index (χ1n) is 14.5. The van der Waals surface area contributed by atoms with Crippen molar-refractivity contribution < 1.29 is 28.7 Å². The second-order valence-electron chi connectivity index (χ2n) is 12.9. The van der Waals surface area contributed by atoms with Crippen LogP contribution in [0.1, 0.15) is 86.6 Å². The lowest BCUT2D eigenvalue weighted by molar-refractivity contribution is -0.132. The van der Waals surface area contributed by atoms with Crippen LogP contribution < -0.4 is 21.7 Å². The van der Waals surface area contributed by atoms with Gasteiger partial charge in [0.2, 0.25) is 5.91 Å². The lowest BCUT2D eigenvalue weighted by Crippen LogP contribution is -2.36. The molecule has 0 fully saturated rings. The molecule has 0 bridgehead atoms. The van der Waals surface area contributed by atoms with Gasteiger partial charge in [0, 0.05) is 43.6 Å².